The van der Waals surface area contributed by atoms with E-state index in [2.05, 4.69) is 5.10 Å². The number of nitrogens with zero attached hydrogens (tertiary/aromatic N) is 2. The monoisotopic (exact) mass is 251 g/mol. The molecule has 0 atom stereocenters. The zero-order valence-corrected chi connectivity index (χ0v) is 10.1. The van der Waals surface area contributed by atoms with E-state index in [1.807, 2.05) is 30.3 Å². The topological polar surface area (TPSA) is 60.9 Å². The van der Waals surface area contributed by atoms with Gasteiger partial charge in [0, 0.05) is 18.3 Å². The maximum Gasteiger partial charge on any atom is 0.153 e. The van der Waals surface area contributed by atoms with Gasteiger partial charge in [0.05, 0.1) is 12.1 Å². The molecule has 0 aliphatic heterocycles. The second-order valence-electron chi connectivity index (χ2n) is 3.47. The Morgan fingerprint density at radius 2 is 2.00 bits per heavy atom. The molecular formula is C12H14ClN3O. The van der Waals surface area contributed by atoms with E-state index < -0.39 is 0 Å². The van der Waals surface area contributed by atoms with Crippen molar-refractivity contribution in [1.29, 1.82) is 0 Å². The van der Waals surface area contributed by atoms with Crippen LogP contribution in [0.2, 0.25) is 0 Å². The Bertz CT molecular complexity index is 482. The zero-order chi connectivity index (χ0) is 11.4. The van der Waals surface area contributed by atoms with Crippen LogP contribution in [0.4, 0.5) is 0 Å². The van der Waals surface area contributed by atoms with Gasteiger partial charge in [0.1, 0.15) is 5.69 Å². The fourth-order valence-corrected chi connectivity index (χ4v) is 1.59. The third-order valence-corrected chi connectivity index (χ3v) is 2.32. The molecule has 0 amide bonds. The van der Waals surface area contributed by atoms with Gasteiger partial charge < -0.3 is 5.73 Å². The molecule has 1 aromatic carbocycles. The molecule has 5 heteroatoms. The molecule has 0 saturated heterocycles. The van der Waals surface area contributed by atoms with Crippen LogP contribution in [0.15, 0.2) is 36.5 Å². The lowest BCUT2D eigenvalue weighted by molar-refractivity contribution is 0.112. The number of halogens is 1. The predicted molar refractivity (Wildman–Crippen MR) is 69.4 cm³/mol. The van der Waals surface area contributed by atoms with E-state index in [4.69, 9.17) is 5.73 Å². The molecular weight excluding hydrogens is 238 g/mol. The average molecular weight is 252 g/mol. The summed E-state index contributed by atoms with van der Waals surface area (Å²) in [6, 6.07) is 9.64. The van der Waals surface area contributed by atoms with Gasteiger partial charge in [0.15, 0.2) is 6.29 Å². The van der Waals surface area contributed by atoms with Gasteiger partial charge in [-0.2, -0.15) is 5.10 Å². The first-order chi connectivity index (χ1) is 7.85. The van der Waals surface area contributed by atoms with E-state index in [1.54, 1.807) is 10.9 Å². The Morgan fingerprint density at radius 3 is 2.59 bits per heavy atom. The highest BCUT2D eigenvalue weighted by molar-refractivity contribution is 5.85. The van der Waals surface area contributed by atoms with Crippen LogP contribution in [0.5, 0.6) is 0 Å². The molecule has 0 radical (unpaired) electrons. The lowest BCUT2D eigenvalue weighted by atomic mass is 10.1. The summed E-state index contributed by atoms with van der Waals surface area (Å²) in [5.74, 6) is 0. The van der Waals surface area contributed by atoms with E-state index in [-0.39, 0.29) is 12.4 Å². The summed E-state index contributed by atoms with van der Waals surface area (Å²) in [6.07, 6.45) is 2.55. The number of rotatable bonds is 4. The lowest BCUT2D eigenvalue weighted by Gasteiger charge is -1.97. The Kier molecular flexibility index (Phi) is 4.87. The van der Waals surface area contributed by atoms with Gasteiger partial charge in [-0.1, -0.05) is 30.3 Å². The van der Waals surface area contributed by atoms with Crippen molar-refractivity contribution < 1.29 is 4.79 Å². The number of aldehydes is 1. The highest BCUT2D eigenvalue weighted by Gasteiger charge is 2.09. The molecule has 4 nitrogen and oxygen atoms in total. The minimum absolute atomic E-state index is 0. The molecule has 0 spiro atoms. The standard InChI is InChI=1S/C12H13N3O.ClH/c13-6-7-15-8-11(9-16)12(14-15)10-4-2-1-3-5-10;/h1-5,8-9H,6-7,13H2;1H. The summed E-state index contributed by atoms with van der Waals surface area (Å²) >= 11 is 0. The van der Waals surface area contributed by atoms with Gasteiger partial charge in [-0.3, -0.25) is 9.48 Å². The minimum atomic E-state index is 0. The van der Waals surface area contributed by atoms with E-state index in [0.717, 1.165) is 11.8 Å². The van der Waals surface area contributed by atoms with Crippen molar-refractivity contribution in [3.63, 3.8) is 0 Å². The molecule has 0 aliphatic rings. The van der Waals surface area contributed by atoms with Gasteiger partial charge in [-0.15, -0.1) is 12.4 Å². The number of aromatic nitrogens is 2. The number of hydrogen-bond acceptors (Lipinski definition) is 3. The van der Waals surface area contributed by atoms with E-state index >= 15 is 0 Å². The first kappa shape index (κ1) is 13.4. The molecule has 0 fully saturated rings. The first-order valence-electron chi connectivity index (χ1n) is 5.13. The molecule has 17 heavy (non-hydrogen) atoms. The van der Waals surface area contributed by atoms with Crippen molar-refractivity contribution in [3.05, 3.63) is 42.1 Å². The minimum Gasteiger partial charge on any atom is -0.329 e. The van der Waals surface area contributed by atoms with Crippen LogP contribution >= 0.6 is 12.4 Å². The van der Waals surface area contributed by atoms with Crippen molar-refractivity contribution in [2.45, 2.75) is 6.54 Å². The SMILES string of the molecule is Cl.NCCn1cc(C=O)c(-c2ccccc2)n1. The third kappa shape index (κ3) is 2.93. The lowest BCUT2D eigenvalue weighted by Crippen LogP contribution is -2.10. The van der Waals surface area contributed by atoms with Gasteiger partial charge in [0.2, 0.25) is 0 Å². The Labute approximate surface area is 106 Å². The van der Waals surface area contributed by atoms with Crippen molar-refractivity contribution in [3.8, 4) is 11.3 Å². The Balaban J connectivity index is 0.00000144. The van der Waals surface area contributed by atoms with Gasteiger partial charge in [0.25, 0.3) is 0 Å². The molecule has 0 aliphatic carbocycles. The van der Waals surface area contributed by atoms with E-state index in [0.29, 0.717) is 24.3 Å². The van der Waals surface area contributed by atoms with Crippen molar-refractivity contribution in [1.82, 2.24) is 9.78 Å². The van der Waals surface area contributed by atoms with Crippen LogP contribution < -0.4 is 5.73 Å². The van der Waals surface area contributed by atoms with Crippen molar-refractivity contribution in [2.24, 2.45) is 5.73 Å². The summed E-state index contributed by atoms with van der Waals surface area (Å²) < 4.78 is 1.70. The van der Waals surface area contributed by atoms with Crippen LogP contribution in [0, 0.1) is 0 Å². The number of carbonyl (C=O) groups is 1. The van der Waals surface area contributed by atoms with Crippen LogP contribution in [-0.2, 0) is 6.54 Å². The highest BCUT2D eigenvalue weighted by atomic mass is 35.5. The normalized spacial score (nSPS) is 9.71. The summed E-state index contributed by atoms with van der Waals surface area (Å²) in [5, 5.41) is 4.35. The van der Waals surface area contributed by atoms with Crippen LogP contribution in [-0.4, -0.2) is 22.6 Å². The van der Waals surface area contributed by atoms with Gasteiger partial charge >= 0.3 is 0 Å². The van der Waals surface area contributed by atoms with Gasteiger partial charge in [-0.05, 0) is 0 Å². The average Bonchev–Trinajstić information content (AvgIpc) is 2.74. The fraction of sp³-hybridized carbons (Fsp3) is 0.167. The predicted octanol–water partition coefficient (Wildman–Crippen LogP) is 1.74. The van der Waals surface area contributed by atoms with E-state index in [9.17, 15) is 4.79 Å². The van der Waals surface area contributed by atoms with E-state index in [1.165, 1.54) is 0 Å². The number of hydrogen-bond donors (Lipinski definition) is 1. The Morgan fingerprint density at radius 1 is 1.29 bits per heavy atom. The summed E-state index contributed by atoms with van der Waals surface area (Å²) in [5.41, 5.74) is 7.70. The van der Waals surface area contributed by atoms with Gasteiger partial charge in [-0.25, -0.2) is 0 Å². The molecule has 2 rings (SSSR count). The van der Waals surface area contributed by atoms with Crippen molar-refractivity contribution >= 4 is 18.7 Å². The number of benzene rings is 1. The van der Waals surface area contributed by atoms with Crippen LogP contribution in [0.3, 0.4) is 0 Å². The highest BCUT2D eigenvalue weighted by Crippen LogP contribution is 2.20. The van der Waals surface area contributed by atoms with Crippen LogP contribution in [0.1, 0.15) is 10.4 Å². The Hall–Kier alpha value is -1.65. The number of nitrogens with two attached hydrogens (primary N) is 1. The quantitative estimate of drug-likeness (QED) is 0.842. The molecule has 0 saturated carbocycles. The van der Waals surface area contributed by atoms with Crippen LogP contribution in [0.25, 0.3) is 11.3 Å². The summed E-state index contributed by atoms with van der Waals surface area (Å²) in [7, 11) is 0. The molecule has 90 valence electrons. The summed E-state index contributed by atoms with van der Waals surface area (Å²) in [6.45, 7) is 1.13. The first-order valence-corrected chi connectivity index (χ1v) is 5.13. The number of carbonyl (C=O) groups excluding carboxylic acids is 1. The molecule has 2 aromatic rings. The maximum absolute atomic E-state index is 10.9. The molecule has 2 N–H and O–H groups in total. The molecule has 1 aromatic heterocycles. The smallest absolute Gasteiger partial charge is 0.153 e. The zero-order valence-electron chi connectivity index (χ0n) is 9.24. The molecule has 0 unspecified atom stereocenters. The third-order valence-electron chi connectivity index (χ3n) is 2.32. The second kappa shape index (κ2) is 6.18. The molecule has 1 heterocycles. The molecule has 0 bridgehead atoms. The second-order valence-corrected chi connectivity index (χ2v) is 3.47. The fourth-order valence-electron chi connectivity index (χ4n) is 1.59. The van der Waals surface area contributed by atoms with Crippen molar-refractivity contribution in [2.75, 3.05) is 6.54 Å². The maximum atomic E-state index is 10.9. The summed E-state index contributed by atoms with van der Waals surface area (Å²) in [4.78, 5) is 10.9. The largest absolute Gasteiger partial charge is 0.329 e.